The van der Waals surface area contributed by atoms with Crippen molar-refractivity contribution in [3.63, 3.8) is 0 Å². The number of carbonyl (C=O) groups is 1. The van der Waals surface area contributed by atoms with Crippen molar-refractivity contribution >= 4 is 28.6 Å². The summed E-state index contributed by atoms with van der Waals surface area (Å²) in [7, 11) is 3.69. The normalized spacial score (nSPS) is 12.7. The minimum Gasteiger partial charge on any atom is -0.362 e. The smallest absolute Gasteiger partial charge is 0.276 e. The summed E-state index contributed by atoms with van der Waals surface area (Å²) in [4.78, 5) is 21.8. The number of rotatable bonds is 5. The van der Waals surface area contributed by atoms with Crippen LogP contribution >= 0.6 is 0 Å². The third-order valence-corrected chi connectivity index (χ3v) is 5.33. The first-order valence-electron chi connectivity index (χ1n) is 10.5. The minimum atomic E-state index is -0.235. The fraction of sp³-hybridized carbons (Fsp3) is 0.348. The predicted molar refractivity (Wildman–Crippen MR) is 125 cm³/mol. The Morgan fingerprint density at radius 3 is 2.59 bits per heavy atom. The Labute approximate surface area is 186 Å². The van der Waals surface area contributed by atoms with Crippen molar-refractivity contribution in [3.05, 3.63) is 59.7 Å². The number of anilines is 2. The zero-order valence-corrected chi connectivity index (χ0v) is 19.2. The van der Waals surface area contributed by atoms with E-state index in [1.807, 2.05) is 51.4 Å². The second-order valence-corrected chi connectivity index (χ2v) is 8.97. The van der Waals surface area contributed by atoms with E-state index < -0.39 is 0 Å². The van der Waals surface area contributed by atoms with E-state index in [4.69, 9.17) is 0 Å². The first kappa shape index (κ1) is 21.5. The highest BCUT2D eigenvalue weighted by molar-refractivity contribution is 6.03. The molecule has 9 heteroatoms. The summed E-state index contributed by atoms with van der Waals surface area (Å²) >= 11 is 0. The fourth-order valence-corrected chi connectivity index (χ4v) is 3.65. The van der Waals surface area contributed by atoms with Gasteiger partial charge < -0.3 is 10.6 Å². The van der Waals surface area contributed by atoms with Crippen molar-refractivity contribution < 1.29 is 4.79 Å². The van der Waals surface area contributed by atoms with E-state index in [0.717, 1.165) is 16.8 Å². The van der Waals surface area contributed by atoms with Crippen molar-refractivity contribution in [2.24, 2.45) is 14.1 Å². The van der Waals surface area contributed by atoms with E-state index >= 15 is 0 Å². The first-order chi connectivity index (χ1) is 15.1. The van der Waals surface area contributed by atoms with Gasteiger partial charge in [-0.3, -0.25) is 9.48 Å². The molecular weight excluding hydrogens is 404 g/mol. The SMILES string of the molecule is C[C@H](Nc1cnc2cnn(C)c2n1)c1cccc(NC(=O)c2cc(C(C)(C)C)n(C)n2)c1. The molecule has 9 nitrogen and oxygen atoms in total. The molecule has 2 N–H and O–H groups in total. The Kier molecular flexibility index (Phi) is 5.41. The van der Waals surface area contributed by atoms with Gasteiger partial charge in [-0.1, -0.05) is 32.9 Å². The van der Waals surface area contributed by atoms with Gasteiger partial charge in [0.2, 0.25) is 0 Å². The largest absolute Gasteiger partial charge is 0.362 e. The van der Waals surface area contributed by atoms with Crippen LogP contribution in [-0.2, 0) is 19.5 Å². The van der Waals surface area contributed by atoms with Crippen molar-refractivity contribution in [2.75, 3.05) is 10.6 Å². The zero-order valence-electron chi connectivity index (χ0n) is 19.2. The van der Waals surface area contributed by atoms with E-state index in [1.54, 1.807) is 21.8 Å². The van der Waals surface area contributed by atoms with Crippen molar-refractivity contribution in [2.45, 2.75) is 39.2 Å². The zero-order chi connectivity index (χ0) is 23.0. The molecule has 0 fully saturated rings. The van der Waals surface area contributed by atoms with Crippen LogP contribution < -0.4 is 10.6 Å². The Morgan fingerprint density at radius 2 is 1.88 bits per heavy atom. The third kappa shape index (κ3) is 4.32. The highest BCUT2D eigenvalue weighted by atomic mass is 16.1. The minimum absolute atomic E-state index is 0.0471. The highest BCUT2D eigenvalue weighted by Gasteiger charge is 2.22. The van der Waals surface area contributed by atoms with Crippen LogP contribution in [0.5, 0.6) is 0 Å². The molecule has 4 rings (SSSR count). The van der Waals surface area contributed by atoms with Crippen LogP contribution in [-0.4, -0.2) is 35.4 Å². The molecule has 3 aromatic heterocycles. The fourth-order valence-electron chi connectivity index (χ4n) is 3.65. The lowest BCUT2D eigenvalue weighted by Gasteiger charge is -2.17. The van der Waals surface area contributed by atoms with Crippen LogP contribution in [0.15, 0.2) is 42.7 Å². The lowest BCUT2D eigenvalue weighted by molar-refractivity contribution is 0.102. The standard InChI is InChI=1S/C23H28N8O/c1-14(26-20-13-24-18-12-25-31(6)21(18)28-20)15-8-7-9-16(10-15)27-22(32)17-11-19(23(2,3)4)30(5)29-17/h7-14H,1-6H3,(H,26,28)(H,27,32)/t14-/m0/s1. The first-order valence-corrected chi connectivity index (χ1v) is 10.5. The Bertz CT molecular complexity index is 1280. The molecule has 0 bridgehead atoms. The van der Waals surface area contributed by atoms with Gasteiger partial charge in [-0.05, 0) is 30.7 Å². The summed E-state index contributed by atoms with van der Waals surface area (Å²) in [5, 5.41) is 14.9. The van der Waals surface area contributed by atoms with Gasteiger partial charge in [0.25, 0.3) is 5.91 Å². The van der Waals surface area contributed by atoms with Gasteiger partial charge in [0.1, 0.15) is 11.3 Å². The second-order valence-electron chi connectivity index (χ2n) is 8.97. The number of benzene rings is 1. The van der Waals surface area contributed by atoms with Gasteiger partial charge in [0.15, 0.2) is 11.3 Å². The molecule has 1 aromatic carbocycles. The number of amides is 1. The average molecular weight is 433 g/mol. The Morgan fingerprint density at radius 1 is 1.09 bits per heavy atom. The molecule has 0 aliphatic carbocycles. The van der Waals surface area contributed by atoms with Gasteiger partial charge in [-0.2, -0.15) is 10.2 Å². The van der Waals surface area contributed by atoms with E-state index in [2.05, 4.69) is 51.6 Å². The van der Waals surface area contributed by atoms with Crippen LogP contribution in [0, 0.1) is 0 Å². The monoisotopic (exact) mass is 432 g/mol. The molecule has 32 heavy (non-hydrogen) atoms. The predicted octanol–water partition coefficient (Wildman–Crippen LogP) is 3.82. The number of carbonyl (C=O) groups excluding carboxylic acids is 1. The van der Waals surface area contributed by atoms with E-state index in [1.165, 1.54) is 0 Å². The number of hydrogen-bond acceptors (Lipinski definition) is 6. The van der Waals surface area contributed by atoms with Crippen molar-refractivity contribution in [3.8, 4) is 0 Å². The van der Waals surface area contributed by atoms with Crippen LogP contribution in [0.25, 0.3) is 11.2 Å². The topological polar surface area (TPSA) is 103 Å². The molecular formula is C23H28N8O. The molecule has 0 aliphatic heterocycles. The molecule has 1 amide bonds. The second kappa shape index (κ2) is 8.07. The van der Waals surface area contributed by atoms with Crippen LogP contribution in [0.3, 0.4) is 0 Å². The summed E-state index contributed by atoms with van der Waals surface area (Å²) in [6.45, 7) is 8.32. The number of nitrogens with zero attached hydrogens (tertiary/aromatic N) is 6. The maximum atomic E-state index is 12.8. The average Bonchev–Trinajstić information content (AvgIpc) is 3.31. The van der Waals surface area contributed by atoms with Crippen LogP contribution in [0.4, 0.5) is 11.5 Å². The molecule has 0 saturated heterocycles. The van der Waals surface area contributed by atoms with Gasteiger partial charge in [0, 0.05) is 30.9 Å². The number of aromatic nitrogens is 6. The van der Waals surface area contributed by atoms with Gasteiger partial charge in [-0.25, -0.2) is 14.6 Å². The van der Waals surface area contributed by atoms with Crippen molar-refractivity contribution in [1.82, 2.24) is 29.5 Å². The van der Waals surface area contributed by atoms with E-state index in [0.29, 0.717) is 22.8 Å². The summed E-state index contributed by atoms with van der Waals surface area (Å²) < 4.78 is 3.45. The summed E-state index contributed by atoms with van der Waals surface area (Å²) in [5.74, 6) is 0.424. The Hall–Kier alpha value is -3.75. The Balaban J connectivity index is 1.49. The van der Waals surface area contributed by atoms with Gasteiger partial charge in [0.05, 0.1) is 18.4 Å². The number of hydrogen-bond donors (Lipinski definition) is 2. The molecule has 3 heterocycles. The summed E-state index contributed by atoms with van der Waals surface area (Å²) in [5.41, 5.74) is 4.48. The molecule has 0 radical (unpaired) electrons. The highest BCUT2D eigenvalue weighted by Crippen LogP contribution is 2.24. The number of nitrogens with one attached hydrogen (secondary N) is 2. The van der Waals surface area contributed by atoms with Gasteiger partial charge >= 0.3 is 0 Å². The number of fused-ring (bicyclic) bond motifs is 1. The maximum absolute atomic E-state index is 12.8. The maximum Gasteiger partial charge on any atom is 0.276 e. The van der Waals surface area contributed by atoms with Crippen LogP contribution in [0.1, 0.15) is 55.5 Å². The molecule has 0 unspecified atom stereocenters. The van der Waals surface area contributed by atoms with E-state index in [-0.39, 0.29) is 17.4 Å². The lowest BCUT2D eigenvalue weighted by Crippen LogP contribution is -2.16. The van der Waals surface area contributed by atoms with Crippen molar-refractivity contribution in [1.29, 1.82) is 0 Å². The molecule has 166 valence electrons. The third-order valence-electron chi connectivity index (χ3n) is 5.33. The van der Waals surface area contributed by atoms with Gasteiger partial charge in [-0.15, -0.1) is 0 Å². The molecule has 1 atom stereocenters. The van der Waals surface area contributed by atoms with Crippen LogP contribution in [0.2, 0.25) is 0 Å². The molecule has 0 saturated carbocycles. The molecule has 4 aromatic rings. The summed E-state index contributed by atoms with van der Waals surface area (Å²) in [6.07, 6.45) is 3.38. The summed E-state index contributed by atoms with van der Waals surface area (Å²) in [6, 6.07) is 9.52. The molecule has 0 aliphatic rings. The van der Waals surface area contributed by atoms with E-state index in [9.17, 15) is 4.79 Å². The number of aryl methyl sites for hydroxylation is 2. The quantitative estimate of drug-likeness (QED) is 0.497. The molecule has 0 spiro atoms. The lowest BCUT2D eigenvalue weighted by atomic mass is 9.92.